The van der Waals surface area contributed by atoms with Crippen molar-refractivity contribution in [2.45, 2.75) is 13.5 Å². The van der Waals surface area contributed by atoms with E-state index in [1.807, 2.05) is 18.2 Å². The van der Waals surface area contributed by atoms with Crippen LogP contribution in [0.4, 0.5) is 0 Å². The first kappa shape index (κ1) is 14.8. The van der Waals surface area contributed by atoms with E-state index in [1.165, 1.54) is 0 Å². The van der Waals surface area contributed by atoms with Gasteiger partial charge in [0.15, 0.2) is 0 Å². The van der Waals surface area contributed by atoms with E-state index in [9.17, 15) is 0 Å². The van der Waals surface area contributed by atoms with Gasteiger partial charge in [-0.1, -0.05) is 13.0 Å². The Morgan fingerprint density at radius 2 is 1.78 bits per heavy atom. The number of rotatable bonds is 8. The fourth-order valence-electron chi connectivity index (χ4n) is 1.88. The van der Waals surface area contributed by atoms with Crippen LogP contribution in [0.5, 0.6) is 11.5 Å². The lowest BCUT2D eigenvalue weighted by molar-refractivity contribution is 0.306. The zero-order chi connectivity index (χ0) is 13.4. The Morgan fingerprint density at radius 1 is 1.17 bits per heavy atom. The van der Waals surface area contributed by atoms with Crippen molar-refractivity contribution in [2.75, 3.05) is 40.9 Å². The van der Waals surface area contributed by atoms with E-state index in [0.717, 1.165) is 43.2 Å². The van der Waals surface area contributed by atoms with Crippen molar-refractivity contribution >= 4 is 0 Å². The first-order valence-corrected chi connectivity index (χ1v) is 6.32. The van der Waals surface area contributed by atoms with Gasteiger partial charge in [-0.15, -0.1) is 0 Å². The highest BCUT2D eigenvalue weighted by molar-refractivity contribution is 5.44. The topological polar surface area (TPSA) is 33.7 Å². The van der Waals surface area contributed by atoms with E-state index < -0.39 is 0 Å². The maximum atomic E-state index is 5.39. The third-order valence-electron chi connectivity index (χ3n) is 2.88. The van der Waals surface area contributed by atoms with E-state index in [2.05, 4.69) is 24.2 Å². The van der Waals surface area contributed by atoms with Crippen molar-refractivity contribution in [3.63, 3.8) is 0 Å². The highest BCUT2D eigenvalue weighted by atomic mass is 16.5. The quantitative estimate of drug-likeness (QED) is 0.715. The molecule has 0 saturated carbocycles. The highest BCUT2D eigenvalue weighted by Gasteiger charge is 2.11. The number of ether oxygens (including phenoxy) is 2. The van der Waals surface area contributed by atoms with Crippen LogP contribution in [0.25, 0.3) is 0 Å². The Kier molecular flexibility index (Phi) is 6.54. The highest BCUT2D eigenvalue weighted by Crippen LogP contribution is 2.29. The van der Waals surface area contributed by atoms with Crippen LogP contribution in [-0.4, -0.2) is 45.8 Å². The summed E-state index contributed by atoms with van der Waals surface area (Å²) in [7, 11) is 5.48. The van der Waals surface area contributed by atoms with Crippen LogP contribution in [0, 0.1) is 0 Å². The molecule has 0 unspecified atom stereocenters. The number of hydrogen-bond donors (Lipinski definition) is 1. The molecule has 0 aliphatic carbocycles. The second-order valence-electron chi connectivity index (χ2n) is 4.23. The van der Waals surface area contributed by atoms with Crippen molar-refractivity contribution < 1.29 is 9.47 Å². The molecule has 1 aromatic rings. The minimum atomic E-state index is 0.818. The lowest BCUT2D eigenvalue weighted by atomic mass is 10.1. The van der Waals surface area contributed by atoms with Gasteiger partial charge in [-0.05, 0) is 25.7 Å². The molecule has 0 spiro atoms. The van der Waals surface area contributed by atoms with Gasteiger partial charge in [-0.2, -0.15) is 0 Å². The monoisotopic (exact) mass is 252 g/mol. The summed E-state index contributed by atoms with van der Waals surface area (Å²) in [6, 6.07) is 5.88. The molecule has 1 N–H and O–H groups in total. The first-order chi connectivity index (χ1) is 8.72. The Morgan fingerprint density at radius 3 is 2.28 bits per heavy atom. The van der Waals surface area contributed by atoms with Gasteiger partial charge in [0, 0.05) is 19.6 Å². The maximum absolute atomic E-state index is 5.39. The molecule has 0 saturated heterocycles. The second-order valence-corrected chi connectivity index (χ2v) is 4.23. The average molecular weight is 252 g/mol. The van der Waals surface area contributed by atoms with Crippen LogP contribution in [0.15, 0.2) is 18.2 Å². The first-order valence-electron chi connectivity index (χ1n) is 6.32. The van der Waals surface area contributed by atoms with Gasteiger partial charge in [0.05, 0.1) is 19.8 Å². The number of hydrogen-bond acceptors (Lipinski definition) is 4. The van der Waals surface area contributed by atoms with Gasteiger partial charge in [0.1, 0.15) is 11.5 Å². The molecule has 0 bridgehead atoms. The SMILES string of the molecule is CCNCCN(C)Cc1c(OC)cccc1OC. The third-order valence-corrected chi connectivity index (χ3v) is 2.88. The number of nitrogens with one attached hydrogen (secondary N) is 1. The molecule has 0 aromatic heterocycles. The minimum Gasteiger partial charge on any atom is -0.496 e. The lowest BCUT2D eigenvalue weighted by Crippen LogP contribution is -2.29. The largest absolute Gasteiger partial charge is 0.496 e. The van der Waals surface area contributed by atoms with Crippen molar-refractivity contribution in [1.82, 2.24) is 10.2 Å². The van der Waals surface area contributed by atoms with E-state index in [-0.39, 0.29) is 0 Å². The molecule has 102 valence electrons. The van der Waals surface area contributed by atoms with E-state index >= 15 is 0 Å². The van der Waals surface area contributed by atoms with Gasteiger partial charge < -0.3 is 19.7 Å². The van der Waals surface area contributed by atoms with Crippen LogP contribution in [0.1, 0.15) is 12.5 Å². The van der Waals surface area contributed by atoms with Gasteiger partial charge in [0.25, 0.3) is 0 Å². The molecule has 4 nitrogen and oxygen atoms in total. The van der Waals surface area contributed by atoms with E-state index in [1.54, 1.807) is 14.2 Å². The van der Waals surface area contributed by atoms with Gasteiger partial charge in [-0.25, -0.2) is 0 Å². The predicted octanol–water partition coefficient (Wildman–Crippen LogP) is 1.75. The lowest BCUT2D eigenvalue weighted by Gasteiger charge is -2.20. The Bertz CT molecular complexity index is 333. The third kappa shape index (κ3) is 4.20. The number of methoxy groups -OCH3 is 2. The summed E-state index contributed by atoms with van der Waals surface area (Å²) in [5.74, 6) is 1.76. The standard InChI is InChI=1S/C14H24N2O2/c1-5-15-9-10-16(2)11-12-13(17-3)7-6-8-14(12)18-4/h6-8,15H,5,9-11H2,1-4H3. The molecule has 0 fully saturated rings. The van der Waals surface area contributed by atoms with Crippen molar-refractivity contribution in [3.05, 3.63) is 23.8 Å². The molecular formula is C14H24N2O2. The number of nitrogens with zero attached hydrogens (tertiary/aromatic N) is 1. The Hall–Kier alpha value is -1.26. The Balaban J connectivity index is 2.69. The summed E-state index contributed by atoms with van der Waals surface area (Å²) < 4.78 is 10.8. The van der Waals surface area contributed by atoms with Crippen LogP contribution < -0.4 is 14.8 Å². The van der Waals surface area contributed by atoms with Crippen LogP contribution in [0.2, 0.25) is 0 Å². The smallest absolute Gasteiger partial charge is 0.127 e. The molecule has 1 rings (SSSR count). The van der Waals surface area contributed by atoms with Gasteiger partial charge in [-0.3, -0.25) is 0 Å². The molecule has 0 atom stereocenters. The Labute approximate surface area is 110 Å². The average Bonchev–Trinajstić information content (AvgIpc) is 2.39. The molecule has 0 amide bonds. The van der Waals surface area contributed by atoms with Crippen molar-refractivity contribution in [1.29, 1.82) is 0 Å². The normalized spacial score (nSPS) is 10.7. The van der Waals surface area contributed by atoms with Crippen LogP contribution in [0.3, 0.4) is 0 Å². The molecular weight excluding hydrogens is 228 g/mol. The summed E-state index contributed by atoms with van der Waals surface area (Å²) >= 11 is 0. The van der Waals surface area contributed by atoms with E-state index in [0.29, 0.717) is 0 Å². The zero-order valence-electron chi connectivity index (χ0n) is 11.8. The summed E-state index contributed by atoms with van der Waals surface area (Å²) in [4.78, 5) is 2.25. The second kappa shape index (κ2) is 7.95. The van der Waals surface area contributed by atoms with Gasteiger partial charge in [0.2, 0.25) is 0 Å². The fraction of sp³-hybridized carbons (Fsp3) is 0.571. The summed E-state index contributed by atoms with van der Waals surface area (Å²) in [6.07, 6.45) is 0. The zero-order valence-corrected chi connectivity index (χ0v) is 11.8. The molecule has 0 aliphatic rings. The van der Waals surface area contributed by atoms with Crippen LogP contribution in [-0.2, 0) is 6.54 Å². The molecule has 0 aliphatic heterocycles. The summed E-state index contributed by atoms with van der Waals surface area (Å²) in [6.45, 7) is 5.92. The van der Waals surface area contributed by atoms with E-state index in [4.69, 9.17) is 9.47 Å². The minimum absolute atomic E-state index is 0.818. The predicted molar refractivity (Wildman–Crippen MR) is 74.4 cm³/mol. The fourth-order valence-corrected chi connectivity index (χ4v) is 1.88. The number of likely N-dealkylation sites (N-methyl/N-ethyl adjacent to an activating group) is 2. The molecule has 4 heteroatoms. The van der Waals surface area contributed by atoms with Crippen molar-refractivity contribution in [3.8, 4) is 11.5 Å². The number of benzene rings is 1. The van der Waals surface area contributed by atoms with Gasteiger partial charge >= 0.3 is 0 Å². The molecule has 0 radical (unpaired) electrons. The maximum Gasteiger partial charge on any atom is 0.127 e. The summed E-state index contributed by atoms with van der Waals surface area (Å²) in [5, 5.41) is 3.32. The van der Waals surface area contributed by atoms with Crippen LogP contribution >= 0.6 is 0 Å². The molecule has 0 heterocycles. The summed E-state index contributed by atoms with van der Waals surface area (Å²) in [5.41, 5.74) is 1.10. The molecule has 18 heavy (non-hydrogen) atoms. The van der Waals surface area contributed by atoms with Crippen molar-refractivity contribution in [2.24, 2.45) is 0 Å². The molecule has 1 aromatic carbocycles.